The standard InChI is InChI=1S/C13H23N3S/c1-13(2,12-14-7-11-17-12)15-6-5-10-16-8-3-4-9-16/h7,11,15H,3-6,8-10H2,1-2H3. The molecule has 1 saturated heterocycles. The van der Waals surface area contributed by atoms with E-state index in [9.17, 15) is 0 Å². The lowest BCUT2D eigenvalue weighted by Crippen LogP contribution is -2.38. The molecule has 3 nitrogen and oxygen atoms in total. The first-order chi connectivity index (χ1) is 8.18. The van der Waals surface area contributed by atoms with Gasteiger partial charge in [0, 0.05) is 11.6 Å². The summed E-state index contributed by atoms with van der Waals surface area (Å²) in [5.74, 6) is 0. The first-order valence-corrected chi connectivity index (χ1v) is 7.44. The Balaban J connectivity index is 1.67. The maximum Gasteiger partial charge on any atom is 0.112 e. The summed E-state index contributed by atoms with van der Waals surface area (Å²) in [6.07, 6.45) is 5.89. The zero-order valence-corrected chi connectivity index (χ0v) is 11.7. The summed E-state index contributed by atoms with van der Waals surface area (Å²) in [5.41, 5.74) is 0.0131. The van der Waals surface area contributed by atoms with Crippen LogP contribution in [0.15, 0.2) is 11.6 Å². The van der Waals surface area contributed by atoms with Crippen molar-refractivity contribution in [2.45, 2.75) is 38.6 Å². The Morgan fingerprint density at radius 2 is 2.18 bits per heavy atom. The van der Waals surface area contributed by atoms with Gasteiger partial charge in [0.25, 0.3) is 0 Å². The molecule has 4 heteroatoms. The fourth-order valence-electron chi connectivity index (χ4n) is 2.32. The van der Waals surface area contributed by atoms with E-state index in [-0.39, 0.29) is 5.54 Å². The van der Waals surface area contributed by atoms with Crippen LogP contribution >= 0.6 is 11.3 Å². The van der Waals surface area contributed by atoms with Crippen LogP contribution in [0, 0.1) is 0 Å². The molecule has 0 radical (unpaired) electrons. The molecule has 2 rings (SSSR count). The second kappa shape index (κ2) is 5.94. The van der Waals surface area contributed by atoms with Crippen LogP contribution < -0.4 is 5.32 Å². The average molecular weight is 253 g/mol. The Labute approximate surface area is 108 Å². The largest absolute Gasteiger partial charge is 0.306 e. The van der Waals surface area contributed by atoms with Gasteiger partial charge in [-0.2, -0.15) is 0 Å². The van der Waals surface area contributed by atoms with Gasteiger partial charge in [-0.05, 0) is 59.3 Å². The zero-order valence-electron chi connectivity index (χ0n) is 10.9. The Kier molecular flexibility index (Phi) is 4.54. The van der Waals surface area contributed by atoms with Crippen LogP contribution in [0.5, 0.6) is 0 Å². The van der Waals surface area contributed by atoms with E-state index in [1.165, 1.54) is 43.9 Å². The fourth-order valence-corrected chi connectivity index (χ4v) is 3.06. The summed E-state index contributed by atoms with van der Waals surface area (Å²) in [6.45, 7) is 9.33. The zero-order chi connectivity index (χ0) is 12.1. The molecular formula is C13H23N3S. The predicted octanol–water partition coefficient (Wildman–Crippen LogP) is 2.45. The summed E-state index contributed by atoms with van der Waals surface area (Å²) >= 11 is 1.73. The maximum atomic E-state index is 4.39. The first-order valence-electron chi connectivity index (χ1n) is 6.56. The van der Waals surface area contributed by atoms with Crippen LogP contribution in [-0.2, 0) is 5.54 Å². The van der Waals surface area contributed by atoms with Crippen LogP contribution in [0.4, 0.5) is 0 Å². The van der Waals surface area contributed by atoms with Crippen molar-refractivity contribution in [3.05, 3.63) is 16.6 Å². The lowest BCUT2D eigenvalue weighted by atomic mass is 10.1. The summed E-state index contributed by atoms with van der Waals surface area (Å²) in [6, 6.07) is 0. The van der Waals surface area contributed by atoms with Crippen molar-refractivity contribution in [2.24, 2.45) is 0 Å². The summed E-state index contributed by atoms with van der Waals surface area (Å²) in [5, 5.41) is 6.83. The summed E-state index contributed by atoms with van der Waals surface area (Å²) in [7, 11) is 0. The number of hydrogen-bond acceptors (Lipinski definition) is 4. The molecule has 1 fully saturated rings. The molecule has 1 N–H and O–H groups in total. The van der Waals surface area contributed by atoms with Gasteiger partial charge in [-0.15, -0.1) is 11.3 Å². The molecule has 1 aromatic rings. The molecular weight excluding hydrogens is 230 g/mol. The molecule has 0 aromatic carbocycles. The third-order valence-electron chi connectivity index (χ3n) is 3.38. The topological polar surface area (TPSA) is 28.2 Å². The third kappa shape index (κ3) is 3.76. The van der Waals surface area contributed by atoms with Crippen molar-refractivity contribution in [1.82, 2.24) is 15.2 Å². The number of nitrogens with zero attached hydrogens (tertiary/aromatic N) is 2. The Bertz CT molecular complexity index is 315. The van der Waals surface area contributed by atoms with Crippen LogP contribution in [-0.4, -0.2) is 36.1 Å². The smallest absolute Gasteiger partial charge is 0.112 e. The number of hydrogen-bond donors (Lipinski definition) is 1. The monoisotopic (exact) mass is 253 g/mol. The van der Waals surface area contributed by atoms with Crippen LogP contribution in [0.1, 0.15) is 38.1 Å². The van der Waals surface area contributed by atoms with Gasteiger partial charge in [0.2, 0.25) is 0 Å². The Morgan fingerprint density at radius 3 is 2.82 bits per heavy atom. The molecule has 96 valence electrons. The van der Waals surface area contributed by atoms with E-state index in [1.807, 2.05) is 11.6 Å². The van der Waals surface area contributed by atoms with E-state index in [0.717, 1.165) is 6.54 Å². The van der Waals surface area contributed by atoms with Gasteiger partial charge in [-0.1, -0.05) is 0 Å². The number of likely N-dealkylation sites (tertiary alicyclic amines) is 1. The molecule has 1 aliphatic rings. The minimum atomic E-state index is 0.0131. The normalized spacial score (nSPS) is 17.8. The molecule has 0 saturated carbocycles. The number of rotatable bonds is 6. The Hall–Kier alpha value is -0.450. The number of nitrogens with one attached hydrogen (secondary N) is 1. The maximum absolute atomic E-state index is 4.39. The molecule has 0 atom stereocenters. The van der Waals surface area contributed by atoms with Gasteiger partial charge in [-0.25, -0.2) is 4.98 Å². The van der Waals surface area contributed by atoms with E-state index in [4.69, 9.17) is 0 Å². The van der Waals surface area contributed by atoms with E-state index in [0.29, 0.717) is 0 Å². The molecule has 2 heterocycles. The van der Waals surface area contributed by atoms with Gasteiger partial charge < -0.3 is 10.2 Å². The van der Waals surface area contributed by atoms with Crippen LogP contribution in [0.3, 0.4) is 0 Å². The van der Waals surface area contributed by atoms with Crippen LogP contribution in [0.2, 0.25) is 0 Å². The van der Waals surface area contributed by atoms with Crippen LogP contribution in [0.25, 0.3) is 0 Å². The SMILES string of the molecule is CC(C)(NCCCN1CCCC1)c1nccs1. The van der Waals surface area contributed by atoms with E-state index in [2.05, 4.69) is 29.0 Å². The van der Waals surface area contributed by atoms with Gasteiger partial charge in [-0.3, -0.25) is 0 Å². The van der Waals surface area contributed by atoms with Crippen molar-refractivity contribution in [1.29, 1.82) is 0 Å². The van der Waals surface area contributed by atoms with Gasteiger partial charge >= 0.3 is 0 Å². The highest BCUT2D eigenvalue weighted by Crippen LogP contribution is 2.21. The molecule has 0 unspecified atom stereocenters. The molecule has 0 aliphatic carbocycles. The van der Waals surface area contributed by atoms with E-state index < -0.39 is 0 Å². The average Bonchev–Trinajstić information content (AvgIpc) is 2.97. The molecule has 0 bridgehead atoms. The van der Waals surface area contributed by atoms with Gasteiger partial charge in [0.05, 0.1) is 5.54 Å². The fraction of sp³-hybridized carbons (Fsp3) is 0.769. The summed E-state index contributed by atoms with van der Waals surface area (Å²) in [4.78, 5) is 6.96. The predicted molar refractivity (Wildman–Crippen MR) is 73.4 cm³/mol. The molecule has 1 aromatic heterocycles. The minimum absolute atomic E-state index is 0.0131. The highest BCUT2D eigenvalue weighted by Gasteiger charge is 2.22. The van der Waals surface area contributed by atoms with Crippen molar-refractivity contribution in [3.8, 4) is 0 Å². The van der Waals surface area contributed by atoms with Gasteiger partial charge in [0.15, 0.2) is 0 Å². The van der Waals surface area contributed by atoms with Crippen molar-refractivity contribution in [2.75, 3.05) is 26.2 Å². The molecule has 1 aliphatic heterocycles. The van der Waals surface area contributed by atoms with Crippen molar-refractivity contribution in [3.63, 3.8) is 0 Å². The summed E-state index contributed by atoms with van der Waals surface area (Å²) < 4.78 is 0. The van der Waals surface area contributed by atoms with Gasteiger partial charge in [0.1, 0.15) is 5.01 Å². The molecule has 0 spiro atoms. The second-order valence-corrected chi connectivity index (χ2v) is 6.19. The Morgan fingerprint density at radius 1 is 1.41 bits per heavy atom. The lowest BCUT2D eigenvalue weighted by molar-refractivity contribution is 0.316. The number of aromatic nitrogens is 1. The quantitative estimate of drug-likeness (QED) is 0.789. The van der Waals surface area contributed by atoms with Crippen molar-refractivity contribution < 1.29 is 0 Å². The van der Waals surface area contributed by atoms with Crippen molar-refractivity contribution >= 4 is 11.3 Å². The highest BCUT2D eigenvalue weighted by molar-refractivity contribution is 7.09. The number of thiazole rings is 1. The highest BCUT2D eigenvalue weighted by atomic mass is 32.1. The first kappa shape index (κ1) is 13.0. The molecule has 0 amide bonds. The molecule has 17 heavy (non-hydrogen) atoms. The van der Waals surface area contributed by atoms with E-state index in [1.54, 1.807) is 11.3 Å². The minimum Gasteiger partial charge on any atom is -0.306 e. The van der Waals surface area contributed by atoms with E-state index >= 15 is 0 Å². The lowest BCUT2D eigenvalue weighted by Gasteiger charge is -2.24. The second-order valence-electron chi connectivity index (χ2n) is 5.29. The third-order valence-corrected chi connectivity index (χ3v) is 4.48.